The van der Waals surface area contributed by atoms with Gasteiger partial charge >= 0.3 is 0 Å². The monoisotopic (exact) mass is 364 g/mol. The van der Waals surface area contributed by atoms with E-state index in [0.717, 1.165) is 35.4 Å². The van der Waals surface area contributed by atoms with Crippen LogP contribution in [0.1, 0.15) is 44.0 Å². The van der Waals surface area contributed by atoms with Crippen molar-refractivity contribution in [2.75, 3.05) is 6.61 Å². The predicted molar refractivity (Wildman–Crippen MR) is 106 cm³/mol. The van der Waals surface area contributed by atoms with Gasteiger partial charge in [0.25, 0.3) is 11.8 Å². The van der Waals surface area contributed by atoms with Gasteiger partial charge in [0.2, 0.25) is 0 Å². The van der Waals surface area contributed by atoms with E-state index in [2.05, 4.69) is 17.2 Å². The third kappa shape index (κ3) is 4.25. The Morgan fingerprint density at radius 3 is 2.67 bits per heavy atom. The lowest BCUT2D eigenvalue weighted by molar-refractivity contribution is -0.117. The average molecular weight is 364 g/mol. The van der Waals surface area contributed by atoms with Gasteiger partial charge in [0, 0.05) is 22.8 Å². The number of nitrogens with zero attached hydrogens (tertiary/aromatic N) is 1. The SMILES string of the molecule is CCCCOc1ccc(C(=O)N=C2C=CC3C(=C2)NC(=O)C(C)=C3C)cc1. The van der Waals surface area contributed by atoms with Crippen LogP contribution in [0, 0.1) is 5.92 Å². The normalized spacial score (nSPS) is 20.3. The second kappa shape index (κ2) is 8.16. The number of benzene rings is 1. The topological polar surface area (TPSA) is 67.8 Å². The average Bonchev–Trinajstić information content (AvgIpc) is 2.67. The maximum Gasteiger partial charge on any atom is 0.277 e. The van der Waals surface area contributed by atoms with Gasteiger partial charge in [-0.15, -0.1) is 0 Å². The molecule has 2 amide bonds. The van der Waals surface area contributed by atoms with Crippen LogP contribution < -0.4 is 10.1 Å². The second-order valence-corrected chi connectivity index (χ2v) is 6.77. The molecule has 1 heterocycles. The summed E-state index contributed by atoms with van der Waals surface area (Å²) in [5, 5.41) is 2.88. The van der Waals surface area contributed by atoms with Gasteiger partial charge in [-0.3, -0.25) is 9.59 Å². The minimum atomic E-state index is -0.323. The Hall–Kier alpha value is -2.95. The van der Waals surface area contributed by atoms with Crippen molar-refractivity contribution < 1.29 is 14.3 Å². The quantitative estimate of drug-likeness (QED) is 0.804. The molecular weight excluding hydrogens is 340 g/mol. The van der Waals surface area contributed by atoms with Gasteiger partial charge in [-0.1, -0.05) is 25.0 Å². The second-order valence-electron chi connectivity index (χ2n) is 6.77. The number of rotatable bonds is 5. The summed E-state index contributed by atoms with van der Waals surface area (Å²) in [5.74, 6) is 0.360. The molecule has 1 N–H and O–H groups in total. The zero-order chi connectivity index (χ0) is 19.4. The van der Waals surface area contributed by atoms with Gasteiger partial charge in [0.15, 0.2) is 0 Å². The van der Waals surface area contributed by atoms with E-state index in [1.54, 1.807) is 30.3 Å². The number of carbonyl (C=O) groups excluding carboxylic acids is 2. The highest BCUT2D eigenvalue weighted by Gasteiger charge is 2.27. The summed E-state index contributed by atoms with van der Waals surface area (Å²) in [4.78, 5) is 28.6. The fraction of sp³-hybridized carbons (Fsp3) is 0.318. The van der Waals surface area contributed by atoms with E-state index in [0.29, 0.717) is 17.9 Å². The number of hydrogen-bond acceptors (Lipinski definition) is 3. The van der Waals surface area contributed by atoms with Crippen molar-refractivity contribution in [1.29, 1.82) is 0 Å². The largest absolute Gasteiger partial charge is 0.494 e. The number of fused-ring (bicyclic) bond motifs is 1. The van der Waals surface area contributed by atoms with Gasteiger partial charge in [0.1, 0.15) is 5.75 Å². The lowest BCUT2D eigenvalue weighted by atomic mass is 9.85. The minimum absolute atomic E-state index is 0.0382. The molecule has 0 saturated carbocycles. The van der Waals surface area contributed by atoms with Crippen LogP contribution in [0.15, 0.2) is 64.3 Å². The standard InChI is InChI=1S/C22H24N2O3/c1-4-5-12-27-18-9-6-16(7-10-18)22(26)23-17-8-11-19-14(2)15(3)21(25)24-20(19)13-17/h6-11,13,19H,4-5,12H2,1-3H3,(H,24,25). The maximum absolute atomic E-state index is 12.4. The van der Waals surface area contributed by atoms with E-state index in [9.17, 15) is 9.59 Å². The summed E-state index contributed by atoms with van der Waals surface area (Å²) in [7, 11) is 0. The van der Waals surface area contributed by atoms with E-state index in [-0.39, 0.29) is 17.7 Å². The molecule has 0 spiro atoms. The van der Waals surface area contributed by atoms with E-state index in [1.165, 1.54) is 0 Å². The molecule has 5 heteroatoms. The molecule has 0 bridgehead atoms. The molecule has 1 unspecified atom stereocenters. The molecule has 1 aromatic rings. The molecule has 27 heavy (non-hydrogen) atoms. The van der Waals surface area contributed by atoms with Gasteiger partial charge in [-0.05, 0) is 56.7 Å². The predicted octanol–water partition coefficient (Wildman–Crippen LogP) is 3.98. The first-order chi connectivity index (χ1) is 13.0. The number of unbranched alkanes of at least 4 members (excludes halogenated alkanes) is 1. The summed E-state index contributed by atoms with van der Waals surface area (Å²) in [5.41, 5.74) is 3.54. The highest BCUT2D eigenvalue weighted by Crippen LogP contribution is 2.29. The first kappa shape index (κ1) is 18.8. The number of nitrogens with one attached hydrogen (secondary N) is 1. The minimum Gasteiger partial charge on any atom is -0.494 e. The lowest BCUT2D eigenvalue weighted by Crippen LogP contribution is -2.35. The summed E-state index contributed by atoms with van der Waals surface area (Å²) in [6.07, 6.45) is 7.62. The van der Waals surface area contributed by atoms with Crippen molar-refractivity contribution >= 4 is 17.5 Å². The summed E-state index contributed by atoms with van der Waals surface area (Å²) in [6, 6.07) is 7.00. The molecule has 1 aliphatic carbocycles. The van der Waals surface area contributed by atoms with Crippen LogP contribution in [0.2, 0.25) is 0 Å². The Bertz CT molecular complexity index is 873. The fourth-order valence-corrected chi connectivity index (χ4v) is 3.00. The molecule has 0 aromatic heterocycles. The van der Waals surface area contributed by atoms with Crippen LogP contribution in [-0.2, 0) is 4.79 Å². The van der Waals surface area contributed by atoms with Crippen molar-refractivity contribution in [2.24, 2.45) is 10.9 Å². The maximum atomic E-state index is 12.4. The molecule has 1 aromatic carbocycles. The van der Waals surface area contributed by atoms with Crippen LogP contribution in [0.4, 0.5) is 0 Å². The number of amides is 2. The number of ether oxygens (including phenoxy) is 1. The van der Waals surface area contributed by atoms with Crippen LogP contribution in [0.3, 0.4) is 0 Å². The Morgan fingerprint density at radius 2 is 1.96 bits per heavy atom. The van der Waals surface area contributed by atoms with Crippen LogP contribution in [0.25, 0.3) is 0 Å². The van der Waals surface area contributed by atoms with Gasteiger partial charge < -0.3 is 10.1 Å². The van der Waals surface area contributed by atoms with E-state index in [1.807, 2.05) is 26.0 Å². The highest BCUT2D eigenvalue weighted by atomic mass is 16.5. The molecule has 140 valence electrons. The Kier molecular flexibility index (Phi) is 5.69. The summed E-state index contributed by atoms with van der Waals surface area (Å²) in [6.45, 7) is 6.55. The highest BCUT2D eigenvalue weighted by molar-refractivity contribution is 6.14. The molecule has 1 aliphatic heterocycles. The third-order valence-electron chi connectivity index (χ3n) is 4.85. The van der Waals surface area contributed by atoms with Crippen molar-refractivity contribution in [1.82, 2.24) is 5.32 Å². The smallest absolute Gasteiger partial charge is 0.277 e. The lowest BCUT2D eigenvalue weighted by Gasteiger charge is -2.28. The van der Waals surface area contributed by atoms with Gasteiger partial charge in [-0.2, -0.15) is 0 Å². The first-order valence-corrected chi connectivity index (χ1v) is 9.24. The molecular formula is C22H24N2O3. The van der Waals surface area contributed by atoms with Crippen molar-refractivity contribution in [3.63, 3.8) is 0 Å². The third-order valence-corrected chi connectivity index (χ3v) is 4.85. The van der Waals surface area contributed by atoms with Crippen molar-refractivity contribution in [2.45, 2.75) is 33.6 Å². The van der Waals surface area contributed by atoms with Crippen LogP contribution in [-0.4, -0.2) is 24.1 Å². The molecule has 2 aliphatic rings. The number of aliphatic imine (C=N–C) groups is 1. The summed E-state index contributed by atoms with van der Waals surface area (Å²) >= 11 is 0. The van der Waals surface area contributed by atoms with Crippen molar-refractivity contribution in [3.8, 4) is 5.75 Å². The van der Waals surface area contributed by atoms with Crippen LogP contribution >= 0.6 is 0 Å². The number of carbonyl (C=O) groups is 2. The molecule has 0 radical (unpaired) electrons. The number of allylic oxidation sites excluding steroid dienone is 3. The zero-order valence-corrected chi connectivity index (χ0v) is 15.9. The molecule has 1 atom stereocenters. The Labute approximate surface area is 159 Å². The molecule has 0 fully saturated rings. The Balaban J connectivity index is 1.72. The van der Waals surface area contributed by atoms with E-state index >= 15 is 0 Å². The Morgan fingerprint density at radius 1 is 1.22 bits per heavy atom. The number of hydrogen-bond donors (Lipinski definition) is 1. The van der Waals surface area contributed by atoms with Gasteiger partial charge in [0.05, 0.1) is 12.3 Å². The zero-order valence-electron chi connectivity index (χ0n) is 15.9. The molecule has 3 rings (SSSR count). The summed E-state index contributed by atoms with van der Waals surface area (Å²) < 4.78 is 5.61. The molecule has 0 saturated heterocycles. The fourth-order valence-electron chi connectivity index (χ4n) is 3.00. The van der Waals surface area contributed by atoms with Crippen LogP contribution in [0.5, 0.6) is 5.75 Å². The van der Waals surface area contributed by atoms with E-state index in [4.69, 9.17) is 4.74 Å². The van der Waals surface area contributed by atoms with Gasteiger partial charge in [-0.25, -0.2) is 4.99 Å². The molecule has 5 nitrogen and oxygen atoms in total. The van der Waals surface area contributed by atoms with E-state index < -0.39 is 0 Å². The van der Waals surface area contributed by atoms with Crippen molar-refractivity contribution in [3.05, 3.63) is 64.9 Å². The first-order valence-electron chi connectivity index (χ1n) is 9.24.